The van der Waals surface area contributed by atoms with Crippen molar-refractivity contribution in [1.82, 2.24) is 0 Å². The zero-order chi connectivity index (χ0) is 18.0. The molecule has 2 aromatic carbocycles. The van der Waals surface area contributed by atoms with Crippen molar-refractivity contribution in [1.29, 1.82) is 0 Å². The Bertz CT molecular complexity index is 975. The molecule has 3 aromatic rings. The summed E-state index contributed by atoms with van der Waals surface area (Å²) in [5.74, 6) is -0.270. The molecule has 0 spiro atoms. The van der Waals surface area contributed by atoms with E-state index in [9.17, 15) is 12.8 Å². The van der Waals surface area contributed by atoms with Gasteiger partial charge in [-0.15, -0.1) is 11.3 Å². The standard InChI is InChI=1S/C19H18FNO2S2/c1-2-3-16-12-18(13-6-10-17(11-7-13)25(21,22)23)19(24-16)14-4-8-15(20)9-5-14/h4-12H,2-3H2,1H3,(H2,21,22,23). The Hall–Kier alpha value is -2.02. The maximum atomic E-state index is 13.2. The average molecular weight is 375 g/mol. The second kappa shape index (κ2) is 7.07. The van der Waals surface area contributed by atoms with E-state index in [1.807, 2.05) is 0 Å². The zero-order valence-electron chi connectivity index (χ0n) is 13.7. The number of nitrogens with two attached hydrogens (primary N) is 1. The van der Waals surface area contributed by atoms with Gasteiger partial charge in [0.2, 0.25) is 10.0 Å². The van der Waals surface area contributed by atoms with Gasteiger partial charge >= 0.3 is 0 Å². The van der Waals surface area contributed by atoms with Gasteiger partial charge in [-0.3, -0.25) is 0 Å². The van der Waals surface area contributed by atoms with Crippen LogP contribution in [0.1, 0.15) is 18.2 Å². The molecule has 2 N–H and O–H groups in total. The fraction of sp³-hybridized carbons (Fsp3) is 0.158. The van der Waals surface area contributed by atoms with Crippen molar-refractivity contribution in [2.24, 2.45) is 5.14 Å². The predicted octanol–water partition coefficient (Wildman–Crippen LogP) is 4.82. The van der Waals surface area contributed by atoms with Crippen LogP contribution in [0.15, 0.2) is 59.5 Å². The summed E-state index contributed by atoms with van der Waals surface area (Å²) < 4.78 is 36.1. The van der Waals surface area contributed by atoms with Gasteiger partial charge in [0.05, 0.1) is 4.90 Å². The molecule has 0 aliphatic heterocycles. The van der Waals surface area contributed by atoms with Gasteiger partial charge < -0.3 is 0 Å². The lowest BCUT2D eigenvalue weighted by atomic mass is 10.0. The molecule has 0 atom stereocenters. The number of rotatable bonds is 5. The minimum atomic E-state index is -3.71. The van der Waals surface area contributed by atoms with Crippen molar-refractivity contribution in [3.05, 3.63) is 65.3 Å². The summed E-state index contributed by atoms with van der Waals surface area (Å²) in [7, 11) is -3.71. The molecule has 0 bridgehead atoms. The van der Waals surface area contributed by atoms with Gasteiger partial charge in [-0.1, -0.05) is 37.6 Å². The first-order valence-electron chi connectivity index (χ1n) is 7.90. The van der Waals surface area contributed by atoms with Gasteiger partial charge in [-0.05, 0) is 47.9 Å². The summed E-state index contributed by atoms with van der Waals surface area (Å²) in [5.41, 5.74) is 2.87. The molecular weight excluding hydrogens is 357 g/mol. The molecule has 0 aliphatic rings. The van der Waals surface area contributed by atoms with Crippen LogP contribution >= 0.6 is 11.3 Å². The van der Waals surface area contributed by atoms with E-state index in [2.05, 4.69) is 13.0 Å². The third kappa shape index (κ3) is 3.98. The molecule has 0 radical (unpaired) electrons. The highest BCUT2D eigenvalue weighted by atomic mass is 32.2. The Morgan fingerprint density at radius 1 is 1.00 bits per heavy atom. The average Bonchev–Trinajstić information content (AvgIpc) is 2.99. The molecule has 6 heteroatoms. The zero-order valence-corrected chi connectivity index (χ0v) is 15.3. The van der Waals surface area contributed by atoms with E-state index < -0.39 is 10.0 Å². The quantitative estimate of drug-likeness (QED) is 0.695. The first-order valence-corrected chi connectivity index (χ1v) is 10.3. The van der Waals surface area contributed by atoms with E-state index in [0.29, 0.717) is 0 Å². The number of halogens is 1. The van der Waals surface area contributed by atoms with E-state index in [-0.39, 0.29) is 10.7 Å². The normalized spacial score (nSPS) is 11.6. The maximum Gasteiger partial charge on any atom is 0.238 e. The van der Waals surface area contributed by atoms with Crippen LogP contribution in [0.5, 0.6) is 0 Å². The number of aryl methyl sites for hydroxylation is 1. The van der Waals surface area contributed by atoms with E-state index in [4.69, 9.17) is 5.14 Å². The number of benzene rings is 2. The van der Waals surface area contributed by atoms with Gasteiger partial charge in [0.25, 0.3) is 0 Å². The Morgan fingerprint density at radius 3 is 2.16 bits per heavy atom. The van der Waals surface area contributed by atoms with Crippen LogP contribution < -0.4 is 5.14 Å². The fourth-order valence-corrected chi connectivity index (χ4v) is 4.47. The highest BCUT2D eigenvalue weighted by molar-refractivity contribution is 7.89. The summed E-state index contributed by atoms with van der Waals surface area (Å²) in [5, 5.41) is 5.16. The second-order valence-electron chi connectivity index (χ2n) is 5.78. The van der Waals surface area contributed by atoms with Crippen molar-refractivity contribution in [2.75, 3.05) is 0 Å². The van der Waals surface area contributed by atoms with Crippen molar-refractivity contribution in [3.63, 3.8) is 0 Å². The molecule has 0 unspecified atom stereocenters. The van der Waals surface area contributed by atoms with Crippen molar-refractivity contribution in [3.8, 4) is 21.6 Å². The third-order valence-corrected chi connectivity index (χ3v) is 6.05. The Labute approximate surface area is 151 Å². The first kappa shape index (κ1) is 17.8. The summed E-state index contributed by atoms with van der Waals surface area (Å²) in [6.45, 7) is 2.12. The Balaban J connectivity index is 2.09. The van der Waals surface area contributed by atoms with Crippen LogP contribution in [0.2, 0.25) is 0 Å². The van der Waals surface area contributed by atoms with E-state index >= 15 is 0 Å². The summed E-state index contributed by atoms with van der Waals surface area (Å²) in [4.78, 5) is 2.38. The molecular formula is C19H18FNO2S2. The lowest BCUT2D eigenvalue weighted by molar-refractivity contribution is 0.598. The summed E-state index contributed by atoms with van der Waals surface area (Å²) in [6.07, 6.45) is 2.00. The molecule has 0 saturated heterocycles. The van der Waals surface area contributed by atoms with Crippen molar-refractivity contribution < 1.29 is 12.8 Å². The molecule has 0 saturated carbocycles. The molecule has 1 aromatic heterocycles. The van der Waals surface area contributed by atoms with Crippen LogP contribution in [-0.4, -0.2) is 8.42 Å². The van der Waals surface area contributed by atoms with Gasteiger partial charge in [0, 0.05) is 15.3 Å². The van der Waals surface area contributed by atoms with Gasteiger partial charge in [0.15, 0.2) is 0 Å². The van der Waals surface area contributed by atoms with E-state index in [0.717, 1.165) is 34.4 Å². The minimum absolute atomic E-state index is 0.0867. The molecule has 3 rings (SSSR count). The lowest BCUT2D eigenvalue weighted by Gasteiger charge is -2.06. The van der Waals surface area contributed by atoms with Gasteiger partial charge in [0.1, 0.15) is 5.82 Å². The summed E-state index contributed by atoms with van der Waals surface area (Å²) in [6, 6.07) is 15.1. The molecule has 0 aliphatic carbocycles. The molecule has 0 amide bonds. The number of sulfonamides is 1. The maximum absolute atomic E-state index is 13.2. The predicted molar refractivity (Wildman–Crippen MR) is 101 cm³/mol. The lowest BCUT2D eigenvalue weighted by Crippen LogP contribution is -2.11. The minimum Gasteiger partial charge on any atom is -0.225 e. The Kier molecular flexibility index (Phi) is 5.03. The fourth-order valence-electron chi connectivity index (χ4n) is 2.67. The molecule has 3 nitrogen and oxygen atoms in total. The number of hydrogen-bond acceptors (Lipinski definition) is 3. The third-order valence-electron chi connectivity index (χ3n) is 3.88. The van der Waals surface area contributed by atoms with Gasteiger partial charge in [-0.2, -0.15) is 0 Å². The second-order valence-corrected chi connectivity index (χ2v) is 8.48. The number of thiophene rings is 1. The molecule has 25 heavy (non-hydrogen) atoms. The van der Waals surface area contributed by atoms with Crippen LogP contribution in [0, 0.1) is 5.82 Å². The molecule has 130 valence electrons. The SMILES string of the molecule is CCCc1cc(-c2ccc(S(N)(=O)=O)cc2)c(-c2ccc(F)cc2)s1. The highest BCUT2D eigenvalue weighted by Gasteiger charge is 2.14. The topological polar surface area (TPSA) is 60.2 Å². The van der Waals surface area contributed by atoms with Crippen LogP contribution in [-0.2, 0) is 16.4 Å². The van der Waals surface area contributed by atoms with E-state index in [1.54, 1.807) is 35.6 Å². The Morgan fingerprint density at radius 2 is 1.60 bits per heavy atom. The highest BCUT2D eigenvalue weighted by Crippen LogP contribution is 2.40. The van der Waals surface area contributed by atoms with Crippen LogP contribution in [0.4, 0.5) is 4.39 Å². The monoisotopic (exact) mass is 375 g/mol. The number of hydrogen-bond donors (Lipinski definition) is 1. The van der Waals surface area contributed by atoms with Crippen molar-refractivity contribution in [2.45, 2.75) is 24.7 Å². The van der Waals surface area contributed by atoms with E-state index in [1.165, 1.54) is 29.1 Å². The van der Waals surface area contributed by atoms with Crippen molar-refractivity contribution >= 4 is 21.4 Å². The molecule has 0 fully saturated rings. The summed E-state index contributed by atoms with van der Waals surface area (Å²) >= 11 is 1.68. The van der Waals surface area contributed by atoms with Crippen LogP contribution in [0.25, 0.3) is 21.6 Å². The largest absolute Gasteiger partial charge is 0.238 e. The number of primary sulfonamides is 1. The smallest absolute Gasteiger partial charge is 0.225 e. The van der Waals surface area contributed by atoms with Gasteiger partial charge in [-0.25, -0.2) is 17.9 Å². The molecule has 1 heterocycles. The first-order chi connectivity index (χ1) is 11.9. The van der Waals surface area contributed by atoms with Crippen LogP contribution in [0.3, 0.4) is 0 Å².